The van der Waals surface area contributed by atoms with Gasteiger partial charge < -0.3 is 20.7 Å². The van der Waals surface area contributed by atoms with E-state index in [4.69, 9.17) is 10.5 Å². The smallest absolute Gasteiger partial charge is 0.329 e. The molecule has 1 fully saturated rings. The lowest BCUT2D eigenvalue weighted by molar-refractivity contribution is -0.164. The first kappa shape index (κ1) is 23.8. The highest BCUT2D eigenvalue weighted by molar-refractivity contribution is 5.90. The molecule has 0 aliphatic carbocycles. The fraction of sp³-hybridized carbons (Fsp3) is 0.591. The predicted octanol–water partition coefficient (Wildman–Crippen LogP) is 2.16. The monoisotopic (exact) mass is 421 g/mol. The quantitative estimate of drug-likeness (QED) is 0.686. The molecule has 166 valence electrons. The maximum absolute atomic E-state index is 14.7. The molecule has 1 saturated heterocycles. The van der Waals surface area contributed by atoms with Gasteiger partial charge in [-0.1, -0.05) is 32.0 Å². The van der Waals surface area contributed by atoms with Crippen LogP contribution in [0.25, 0.3) is 0 Å². The van der Waals surface area contributed by atoms with Crippen LogP contribution in [0.2, 0.25) is 0 Å². The van der Waals surface area contributed by atoms with Crippen LogP contribution < -0.4 is 11.1 Å². The number of rotatable bonds is 6. The zero-order chi connectivity index (χ0) is 22.6. The first-order valence-electron chi connectivity index (χ1n) is 10.2. The van der Waals surface area contributed by atoms with Crippen molar-refractivity contribution in [3.8, 4) is 0 Å². The molecule has 2 rings (SSSR count). The average molecular weight is 422 g/mol. The molecule has 7 nitrogen and oxygen atoms in total. The average Bonchev–Trinajstić information content (AvgIpc) is 3.05. The Bertz CT molecular complexity index is 791. The zero-order valence-corrected chi connectivity index (χ0v) is 18.3. The summed E-state index contributed by atoms with van der Waals surface area (Å²) in [7, 11) is 0. The van der Waals surface area contributed by atoms with Crippen molar-refractivity contribution in [2.45, 2.75) is 58.7 Å². The van der Waals surface area contributed by atoms with Gasteiger partial charge in [0.1, 0.15) is 17.5 Å². The van der Waals surface area contributed by atoms with Gasteiger partial charge in [-0.15, -0.1) is 0 Å². The van der Waals surface area contributed by atoms with Gasteiger partial charge in [0.15, 0.2) is 0 Å². The largest absolute Gasteiger partial charge is 0.458 e. The number of carbonyl (C=O) groups is 3. The number of nitrogens with zero attached hydrogens (tertiary/aromatic N) is 1. The lowest BCUT2D eigenvalue weighted by Crippen LogP contribution is -2.47. The molecule has 8 heteroatoms. The van der Waals surface area contributed by atoms with Crippen LogP contribution in [-0.4, -0.2) is 47.4 Å². The van der Waals surface area contributed by atoms with Gasteiger partial charge in [0, 0.05) is 12.1 Å². The summed E-state index contributed by atoms with van der Waals surface area (Å²) in [5.41, 5.74) is 5.00. The Balaban J connectivity index is 2.50. The van der Waals surface area contributed by atoms with E-state index in [9.17, 15) is 18.8 Å². The van der Waals surface area contributed by atoms with Crippen LogP contribution >= 0.6 is 0 Å². The number of hydrogen-bond donors (Lipinski definition) is 2. The van der Waals surface area contributed by atoms with Crippen LogP contribution in [0.3, 0.4) is 0 Å². The molecule has 1 heterocycles. The third-order valence-corrected chi connectivity index (χ3v) is 4.88. The third-order valence-electron chi connectivity index (χ3n) is 4.88. The SMILES string of the molecule is CC(C)CNC(=O)C1CC(C(=O)OC(C)(C)C)N(C(=O)CN)C1c1ccccc1F. The fourth-order valence-corrected chi connectivity index (χ4v) is 3.65. The molecule has 1 aliphatic rings. The molecule has 0 aromatic heterocycles. The Hall–Kier alpha value is -2.48. The van der Waals surface area contributed by atoms with Gasteiger partial charge in [0.25, 0.3) is 0 Å². The Labute approximate surface area is 177 Å². The van der Waals surface area contributed by atoms with Crippen LogP contribution in [0, 0.1) is 17.7 Å². The van der Waals surface area contributed by atoms with Crippen molar-refractivity contribution in [3.63, 3.8) is 0 Å². The van der Waals surface area contributed by atoms with Gasteiger partial charge in [-0.25, -0.2) is 9.18 Å². The third kappa shape index (κ3) is 5.56. The molecule has 2 amide bonds. The number of likely N-dealkylation sites (tertiary alicyclic amines) is 1. The first-order valence-corrected chi connectivity index (χ1v) is 10.2. The van der Waals surface area contributed by atoms with E-state index in [1.807, 2.05) is 13.8 Å². The minimum absolute atomic E-state index is 0.0313. The number of nitrogens with one attached hydrogen (secondary N) is 1. The molecule has 1 aliphatic heterocycles. The van der Waals surface area contributed by atoms with E-state index in [1.54, 1.807) is 26.8 Å². The Morgan fingerprint density at radius 2 is 1.90 bits per heavy atom. The van der Waals surface area contributed by atoms with Crippen molar-refractivity contribution < 1.29 is 23.5 Å². The summed E-state index contributed by atoms with van der Waals surface area (Å²) < 4.78 is 20.2. The second-order valence-electron chi connectivity index (χ2n) is 9.00. The first-order chi connectivity index (χ1) is 14.0. The second kappa shape index (κ2) is 9.55. The molecule has 3 atom stereocenters. The van der Waals surface area contributed by atoms with Crippen LogP contribution in [0.5, 0.6) is 0 Å². The highest BCUT2D eigenvalue weighted by Crippen LogP contribution is 2.43. The molecule has 0 radical (unpaired) electrons. The Kier molecular flexibility index (Phi) is 7.58. The maximum atomic E-state index is 14.7. The van der Waals surface area contributed by atoms with E-state index in [2.05, 4.69) is 5.32 Å². The summed E-state index contributed by atoms with van der Waals surface area (Å²) in [4.78, 5) is 39.9. The second-order valence-corrected chi connectivity index (χ2v) is 9.00. The summed E-state index contributed by atoms with van der Waals surface area (Å²) in [6, 6.07) is 3.98. The number of hydrogen-bond acceptors (Lipinski definition) is 5. The van der Waals surface area contributed by atoms with E-state index >= 15 is 0 Å². The minimum atomic E-state index is -1.03. The fourth-order valence-electron chi connectivity index (χ4n) is 3.65. The van der Waals surface area contributed by atoms with Crippen molar-refractivity contribution in [3.05, 3.63) is 35.6 Å². The highest BCUT2D eigenvalue weighted by atomic mass is 19.1. The molecule has 0 spiro atoms. The topological polar surface area (TPSA) is 102 Å². The Morgan fingerprint density at radius 1 is 1.27 bits per heavy atom. The zero-order valence-electron chi connectivity index (χ0n) is 18.3. The number of carbonyl (C=O) groups excluding carboxylic acids is 3. The van der Waals surface area contributed by atoms with Crippen molar-refractivity contribution in [2.24, 2.45) is 17.6 Å². The Morgan fingerprint density at radius 3 is 2.43 bits per heavy atom. The number of benzene rings is 1. The normalized spacial score (nSPS) is 21.6. The minimum Gasteiger partial charge on any atom is -0.458 e. The molecular weight excluding hydrogens is 389 g/mol. The van der Waals surface area contributed by atoms with Crippen LogP contribution in [0.1, 0.15) is 52.6 Å². The summed E-state index contributed by atoms with van der Waals surface area (Å²) in [5.74, 6) is -2.66. The number of nitrogens with two attached hydrogens (primary N) is 1. The van der Waals surface area contributed by atoms with Crippen LogP contribution in [0.4, 0.5) is 4.39 Å². The highest BCUT2D eigenvalue weighted by Gasteiger charge is 2.51. The molecule has 0 saturated carbocycles. The maximum Gasteiger partial charge on any atom is 0.329 e. The van der Waals surface area contributed by atoms with E-state index in [-0.39, 0.29) is 30.4 Å². The molecule has 3 unspecified atom stereocenters. The lowest BCUT2D eigenvalue weighted by Gasteiger charge is -2.32. The summed E-state index contributed by atoms with van der Waals surface area (Å²) in [6.07, 6.45) is 0.0313. The standard InChI is InChI=1S/C22H32FN3O4/c1-13(2)12-25-20(28)15-10-17(21(29)30-22(3,4)5)26(18(27)11-24)19(15)14-8-6-7-9-16(14)23/h6-9,13,15,17,19H,10-12,24H2,1-5H3,(H,25,28). The van der Waals surface area contributed by atoms with E-state index in [0.717, 1.165) is 0 Å². The van der Waals surface area contributed by atoms with Gasteiger partial charge in [-0.3, -0.25) is 9.59 Å². The molecule has 1 aromatic rings. The predicted molar refractivity (Wildman–Crippen MR) is 111 cm³/mol. The van der Waals surface area contributed by atoms with Gasteiger partial charge in [0.05, 0.1) is 18.5 Å². The summed E-state index contributed by atoms with van der Waals surface area (Å²) in [6.45, 7) is 9.13. The molecular formula is C22H32FN3O4. The van der Waals surface area contributed by atoms with Gasteiger partial charge >= 0.3 is 5.97 Å². The van der Waals surface area contributed by atoms with Gasteiger partial charge in [-0.05, 0) is 39.2 Å². The van der Waals surface area contributed by atoms with E-state index in [0.29, 0.717) is 6.54 Å². The molecule has 3 N–H and O–H groups in total. The summed E-state index contributed by atoms with van der Waals surface area (Å²) >= 11 is 0. The van der Waals surface area contributed by atoms with Gasteiger partial charge in [-0.2, -0.15) is 0 Å². The number of amides is 2. The molecule has 1 aromatic carbocycles. The van der Waals surface area contributed by atoms with E-state index < -0.39 is 41.3 Å². The van der Waals surface area contributed by atoms with Gasteiger partial charge in [0.2, 0.25) is 11.8 Å². The van der Waals surface area contributed by atoms with Crippen LogP contribution in [-0.2, 0) is 19.1 Å². The molecule has 30 heavy (non-hydrogen) atoms. The number of halogens is 1. The summed E-state index contributed by atoms with van der Waals surface area (Å²) in [5, 5.41) is 2.85. The van der Waals surface area contributed by atoms with Crippen molar-refractivity contribution in [1.82, 2.24) is 10.2 Å². The van der Waals surface area contributed by atoms with E-state index in [1.165, 1.54) is 23.1 Å². The van der Waals surface area contributed by atoms with Crippen molar-refractivity contribution in [1.29, 1.82) is 0 Å². The number of ether oxygens (including phenoxy) is 1. The lowest BCUT2D eigenvalue weighted by atomic mass is 9.91. The van der Waals surface area contributed by atoms with Crippen molar-refractivity contribution >= 4 is 17.8 Å². The van der Waals surface area contributed by atoms with Crippen molar-refractivity contribution in [2.75, 3.05) is 13.1 Å². The van der Waals surface area contributed by atoms with Crippen LogP contribution in [0.15, 0.2) is 24.3 Å². The number of esters is 1. The molecule has 0 bridgehead atoms.